The van der Waals surface area contributed by atoms with Crippen LogP contribution < -0.4 is 15.4 Å². The van der Waals surface area contributed by atoms with Crippen LogP contribution in [0.3, 0.4) is 0 Å². The first-order valence-corrected chi connectivity index (χ1v) is 9.09. The molecule has 134 valence electrons. The van der Waals surface area contributed by atoms with Crippen molar-refractivity contribution < 1.29 is 14.6 Å². The van der Waals surface area contributed by atoms with Crippen LogP contribution in [-0.2, 0) is 3.42 Å². The number of hydrogen-bond acceptors (Lipinski definition) is 3. The summed E-state index contributed by atoms with van der Waals surface area (Å²) < 4.78 is 5.44. The van der Waals surface area contributed by atoms with E-state index in [9.17, 15) is 4.79 Å². The first kappa shape index (κ1) is 19.5. The lowest BCUT2D eigenvalue weighted by Crippen LogP contribution is -2.20. The molecule has 0 aliphatic heterocycles. The van der Waals surface area contributed by atoms with E-state index in [0.717, 1.165) is 11.1 Å². The average Bonchev–Trinajstić information content (AvgIpc) is 2.55. The van der Waals surface area contributed by atoms with Crippen LogP contribution in [0.15, 0.2) is 42.5 Å². The molecule has 2 amide bonds. The molecule has 5 nitrogen and oxygen atoms in total. The molecule has 3 N–H and O–H groups in total. The molecule has 2 aromatic carbocycles. The number of carbonyl (C=O) groups is 1. The summed E-state index contributed by atoms with van der Waals surface area (Å²) in [5.74, 6) is 0.525. The van der Waals surface area contributed by atoms with Crippen molar-refractivity contribution in [2.45, 2.75) is 24.2 Å². The zero-order valence-electron chi connectivity index (χ0n) is 14.6. The zero-order chi connectivity index (χ0) is 18.4. The van der Waals surface area contributed by atoms with E-state index in [1.165, 1.54) is 0 Å². The molecular weight excluding hydrogens is 431 g/mol. The highest BCUT2D eigenvalue weighted by Crippen LogP contribution is 2.35. The maximum Gasteiger partial charge on any atom is 0.323 e. The van der Waals surface area contributed by atoms with E-state index in [2.05, 4.69) is 47.1 Å². The molecule has 0 unspecified atom stereocenters. The Hall–Kier alpha value is -1.80. The number of urea groups is 1. The van der Waals surface area contributed by atoms with E-state index in [1.54, 1.807) is 0 Å². The normalized spacial score (nSPS) is 11.1. The summed E-state index contributed by atoms with van der Waals surface area (Å²) in [7, 11) is 0. The van der Waals surface area contributed by atoms with Crippen molar-refractivity contribution >= 4 is 40.0 Å². The topological polar surface area (TPSA) is 70.6 Å². The van der Waals surface area contributed by atoms with Gasteiger partial charge in [0.05, 0.1) is 12.3 Å². The van der Waals surface area contributed by atoms with Gasteiger partial charge in [0.25, 0.3) is 0 Å². The van der Waals surface area contributed by atoms with Gasteiger partial charge in [-0.1, -0.05) is 46.4 Å². The largest absolute Gasteiger partial charge is 0.489 e. The van der Waals surface area contributed by atoms with Crippen LogP contribution in [0.4, 0.5) is 16.2 Å². The van der Waals surface area contributed by atoms with Crippen LogP contribution in [0.1, 0.15) is 25.0 Å². The Kier molecular flexibility index (Phi) is 6.66. The number of amides is 2. The molecule has 0 aromatic heterocycles. The summed E-state index contributed by atoms with van der Waals surface area (Å²) in [6.45, 7) is 6.25. The van der Waals surface area contributed by atoms with Gasteiger partial charge in [-0.25, -0.2) is 4.79 Å². The van der Waals surface area contributed by atoms with E-state index in [0.29, 0.717) is 17.1 Å². The number of halogens is 1. The van der Waals surface area contributed by atoms with Gasteiger partial charge in [-0.15, -0.1) is 0 Å². The molecule has 6 heteroatoms. The van der Waals surface area contributed by atoms with Crippen molar-refractivity contribution in [1.82, 2.24) is 0 Å². The first-order valence-electron chi connectivity index (χ1n) is 8.01. The van der Waals surface area contributed by atoms with Gasteiger partial charge >= 0.3 is 6.03 Å². The number of benzene rings is 2. The quantitative estimate of drug-likeness (QED) is 0.439. The van der Waals surface area contributed by atoms with Crippen LogP contribution in [0.2, 0.25) is 0 Å². The van der Waals surface area contributed by atoms with Crippen LogP contribution in [0, 0.1) is 6.92 Å². The van der Waals surface area contributed by atoms with Gasteiger partial charge in [0.15, 0.2) is 0 Å². The molecule has 0 aliphatic rings. The van der Waals surface area contributed by atoms with E-state index in [4.69, 9.17) is 9.84 Å². The third-order valence-electron chi connectivity index (χ3n) is 3.57. The van der Waals surface area contributed by atoms with Gasteiger partial charge in [-0.05, 0) is 50.6 Å². The smallest absolute Gasteiger partial charge is 0.323 e. The van der Waals surface area contributed by atoms with Crippen molar-refractivity contribution in [2.75, 3.05) is 23.8 Å². The molecule has 0 aliphatic carbocycles. The molecular formula is C19H23IN2O3. The van der Waals surface area contributed by atoms with Gasteiger partial charge in [0, 0.05) is 9.11 Å². The summed E-state index contributed by atoms with van der Waals surface area (Å²) in [6, 6.07) is 12.9. The minimum absolute atomic E-state index is 0.0862. The number of rotatable bonds is 6. The highest BCUT2D eigenvalue weighted by molar-refractivity contribution is 14.1. The van der Waals surface area contributed by atoms with Gasteiger partial charge in [-0.3, -0.25) is 0 Å². The van der Waals surface area contributed by atoms with Crippen LogP contribution in [-0.4, -0.2) is 24.4 Å². The summed E-state index contributed by atoms with van der Waals surface area (Å²) in [5.41, 5.74) is 3.48. The highest BCUT2D eigenvalue weighted by Gasteiger charge is 2.19. The number of aryl methyl sites for hydroxylation is 1. The predicted molar refractivity (Wildman–Crippen MR) is 110 cm³/mol. The fraction of sp³-hybridized carbons (Fsp3) is 0.316. The standard InChI is InChI=1S/C19H23IN2O3/c1-13-4-7-15(8-5-13)21-18(24)22-16-12-14(19(2,3)20)6-9-17(16)25-11-10-23/h4-9,12,23H,10-11H2,1-3H3,(H2,21,22,24). The average molecular weight is 454 g/mol. The SMILES string of the molecule is Cc1ccc(NC(=O)Nc2cc(C(C)(C)I)ccc2OCCO)cc1. The molecule has 2 rings (SSSR count). The Balaban J connectivity index is 2.19. The molecule has 0 saturated carbocycles. The Morgan fingerprint density at radius 1 is 1.16 bits per heavy atom. The van der Waals surface area contributed by atoms with E-state index >= 15 is 0 Å². The second kappa shape index (κ2) is 8.53. The van der Waals surface area contributed by atoms with Crippen molar-refractivity contribution in [1.29, 1.82) is 0 Å². The lowest BCUT2D eigenvalue weighted by atomic mass is 10.0. The molecule has 0 bridgehead atoms. The van der Waals surface area contributed by atoms with Crippen molar-refractivity contribution in [3.63, 3.8) is 0 Å². The monoisotopic (exact) mass is 454 g/mol. The Morgan fingerprint density at radius 2 is 1.84 bits per heavy atom. The summed E-state index contributed by atoms with van der Waals surface area (Å²) in [6.07, 6.45) is 0. The number of aliphatic hydroxyl groups excluding tert-OH is 1. The maximum atomic E-state index is 12.3. The summed E-state index contributed by atoms with van der Waals surface area (Å²) in [4.78, 5) is 12.3. The molecule has 0 fully saturated rings. The Labute approximate surface area is 161 Å². The van der Waals surface area contributed by atoms with E-state index < -0.39 is 0 Å². The number of aliphatic hydroxyl groups is 1. The molecule has 0 radical (unpaired) electrons. The lowest BCUT2D eigenvalue weighted by Gasteiger charge is -2.20. The third kappa shape index (κ3) is 5.89. The fourth-order valence-electron chi connectivity index (χ4n) is 2.20. The lowest BCUT2D eigenvalue weighted by molar-refractivity contribution is 0.202. The number of ether oxygens (including phenoxy) is 1. The second-order valence-corrected chi connectivity index (χ2v) is 8.90. The van der Waals surface area contributed by atoms with Crippen molar-refractivity contribution in [2.24, 2.45) is 0 Å². The summed E-state index contributed by atoms with van der Waals surface area (Å²) in [5, 5.41) is 14.6. The zero-order valence-corrected chi connectivity index (χ0v) is 16.8. The first-order chi connectivity index (χ1) is 11.8. The van der Waals surface area contributed by atoms with E-state index in [-0.39, 0.29) is 22.7 Å². The van der Waals surface area contributed by atoms with Crippen LogP contribution in [0.25, 0.3) is 0 Å². The fourth-order valence-corrected chi connectivity index (χ4v) is 2.54. The third-order valence-corrected chi connectivity index (χ3v) is 4.20. The maximum absolute atomic E-state index is 12.3. The molecule has 0 spiro atoms. The second-order valence-electron chi connectivity index (χ2n) is 6.20. The number of alkyl halides is 1. The summed E-state index contributed by atoms with van der Waals surface area (Å²) >= 11 is 2.35. The van der Waals surface area contributed by atoms with E-state index in [1.807, 2.05) is 49.4 Å². The van der Waals surface area contributed by atoms with Crippen LogP contribution in [0.5, 0.6) is 5.75 Å². The molecule has 25 heavy (non-hydrogen) atoms. The van der Waals surface area contributed by atoms with Gasteiger partial charge in [0.1, 0.15) is 12.4 Å². The van der Waals surface area contributed by atoms with Gasteiger partial charge < -0.3 is 20.5 Å². The number of carbonyl (C=O) groups excluding carboxylic acids is 1. The molecule has 0 saturated heterocycles. The van der Waals surface area contributed by atoms with Gasteiger partial charge in [-0.2, -0.15) is 0 Å². The number of nitrogens with one attached hydrogen (secondary N) is 2. The minimum Gasteiger partial charge on any atom is -0.489 e. The molecule has 2 aromatic rings. The predicted octanol–water partition coefficient (Wildman–Crippen LogP) is 4.68. The Bertz CT molecular complexity index is 724. The highest BCUT2D eigenvalue weighted by atomic mass is 127. The molecule has 0 heterocycles. The van der Waals surface area contributed by atoms with Crippen molar-refractivity contribution in [3.8, 4) is 5.75 Å². The number of anilines is 2. The minimum atomic E-state index is -0.346. The molecule has 0 atom stereocenters. The Morgan fingerprint density at radius 3 is 2.44 bits per heavy atom. The number of hydrogen-bond donors (Lipinski definition) is 3. The van der Waals surface area contributed by atoms with Gasteiger partial charge in [0.2, 0.25) is 0 Å². The van der Waals surface area contributed by atoms with Crippen molar-refractivity contribution in [3.05, 3.63) is 53.6 Å². The van der Waals surface area contributed by atoms with Crippen LogP contribution >= 0.6 is 22.6 Å².